The molecule has 34 heavy (non-hydrogen) atoms. The molecule has 0 saturated carbocycles. The number of nitrogens with zero attached hydrogens (tertiary/aromatic N) is 3. The Labute approximate surface area is 196 Å². The van der Waals surface area contributed by atoms with Crippen LogP contribution in [0.1, 0.15) is 40.5 Å². The number of carbonyl (C=O) groups is 2. The van der Waals surface area contributed by atoms with Gasteiger partial charge in [-0.1, -0.05) is 0 Å². The normalized spacial score (nSPS) is 15.7. The molecule has 4 aromatic rings. The van der Waals surface area contributed by atoms with Gasteiger partial charge in [0.2, 0.25) is 5.91 Å². The predicted octanol–water partition coefficient (Wildman–Crippen LogP) is 4.81. The van der Waals surface area contributed by atoms with Crippen LogP contribution in [-0.2, 0) is 9.53 Å². The minimum Gasteiger partial charge on any atom is -0.465 e. The average Bonchev–Trinajstić information content (AvgIpc) is 3.42. The summed E-state index contributed by atoms with van der Waals surface area (Å²) in [7, 11) is 3.17. The summed E-state index contributed by atoms with van der Waals surface area (Å²) in [5.41, 5.74) is 4.65. The zero-order chi connectivity index (χ0) is 23.8. The van der Waals surface area contributed by atoms with Gasteiger partial charge in [0.1, 0.15) is 11.5 Å². The van der Waals surface area contributed by atoms with Crippen LogP contribution in [0.25, 0.3) is 22.3 Å². The van der Waals surface area contributed by atoms with Crippen molar-refractivity contribution in [2.45, 2.75) is 25.8 Å². The second kappa shape index (κ2) is 8.62. The van der Waals surface area contributed by atoms with E-state index in [1.807, 2.05) is 44.3 Å². The van der Waals surface area contributed by atoms with Gasteiger partial charge in [0.05, 0.1) is 36.3 Å². The van der Waals surface area contributed by atoms with E-state index in [0.717, 1.165) is 34.3 Å². The second-order valence-corrected chi connectivity index (χ2v) is 8.38. The number of H-pyrrole nitrogens is 1. The Morgan fingerprint density at radius 3 is 2.62 bits per heavy atom. The Morgan fingerprint density at radius 2 is 1.97 bits per heavy atom. The molecule has 1 saturated heterocycles. The van der Waals surface area contributed by atoms with E-state index < -0.39 is 5.97 Å². The third kappa shape index (κ3) is 3.98. The monoisotopic (exact) mass is 456 g/mol. The van der Waals surface area contributed by atoms with Gasteiger partial charge in [-0.25, -0.2) is 4.79 Å². The number of amides is 1. The molecule has 172 valence electrons. The number of pyridine rings is 2. The maximum atomic E-state index is 12.2. The molecule has 4 heterocycles. The van der Waals surface area contributed by atoms with Gasteiger partial charge in [-0.05, 0) is 55.8 Å². The number of esters is 1. The highest BCUT2D eigenvalue weighted by molar-refractivity contribution is 5.90. The van der Waals surface area contributed by atoms with Crippen LogP contribution in [0.4, 0.5) is 0 Å². The first-order valence-corrected chi connectivity index (χ1v) is 11.0. The third-order valence-electron chi connectivity index (χ3n) is 6.18. The maximum absolute atomic E-state index is 12.2. The largest absolute Gasteiger partial charge is 0.465 e. The van der Waals surface area contributed by atoms with E-state index in [2.05, 4.69) is 15.0 Å². The lowest BCUT2D eigenvalue weighted by Crippen LogP contribution is -2.22. The Hall–Kier alpha value is -4.20. The van der Waals surface area contributed by atoms with Crippen LogP contribution in [-0.4, -0.2) is 45.9 Å². The maximum Gasteiger partial charge on any atom is 0.339 e. The second-order valence-electron chi connectivity index (χ2n) is 8.38. The van der Waals surface area contributed by atoms with Crippen molar-refractivity contribution in [1.29, 1.82) is 0 Å². The molecule has 1 N–H and O–H groups in total. The number of nitrogens with one attached hydrogen (secondary N) is 1. The summed E-state index contributed by atoms with van der Waals surface area (Å²) in [4.78, 5) is 37.9. The van der Waals surface area contributed by atoms with Crippen molar-refractivity contribution in [3.05, 3.63) is 71.7 Å². The van der Waals surface area contributed by atoms with Gasteiger partial charge in [-0.15, -0.1) is 0 Å². The van der Waals surface area contributed by atoms with Crippen molar-refractivity contribution >= 4 is 22.8 Å². The number of aromatic nitrogens is 3. The number of rotatable bonds is 5. The van der Waals surface area contributed by atoms with Gasteiger partial charge in [-0.3, -0.25) is 14.8 Å². The molecule has 1 atom stereocenters. The minimum absolute atomic E-state index is 0.0745. The molecule has 8 nitrogen and oxygen atoms in total. The van der Waals surface area contributed by atoms with Crippen molar-refractivity contribution in [1.82, 2.24) is 19.9 Å². The summed E-state index contributed by atoms with van der Waals surface area (Å²) < 4.78 is 11.0. The van der Waals surface area contributed by atoms with Gasteiger partial charge in [0.25, 0.3) is 0 Å². The topological polar surface area (TPSA) is 97.4 Å². The molecule has 0 aliphatic carbocycles. The summed E-state index contributed by atoms with van der Waals surface area (Å²) >= 11 is 0. The molecule has 5 rings (SSSR count). The average molecular weight is 457 g/mol. The molecule has 8 heteroatoms. The van der Waals surface area contributed by atoms with E-state index in [4.69, 9.17) is 9.47 Å². The first kappa shape index (κ1) is 21.6. The van der Waals surface area contributed by atoms with E-state index in [-0.39, 0.29) is 11.9 Å². The number of aromatic amines is 1. The fourth-order valence-corrected chi connectivity index (χ4v) is 4.26. The van der Waals surface area contributed by atoms with Crippen LogP contribution in [0.2, 0.25) is 0 Å². The minimum atomic E-state index is -0.428. The van der Waals surface area contributed by atoms with E-state index in [1.54, 1.807) is 23.2 Å². The quantitative estimate of drug-likeness (QED) is 0.433. The van der Waals surface area contributed by atoms with E-state index >= 15 is 0 Å². The smallest absolute Gasteiger partial charge is 0.339 e. The lowest BCUT2D eigenvalue weighted by Gasteiger charge is -2.23. The van der Waals surface area contributed by atoms with E-state index in [1.165, 1.54) is 13.3 Å². The van der Waals surface area contributed by atoms with Gasteiger partial charge in [0.15, 0.2) is 0 Å². The summed E-state index contributed by atoms with van der Waals surface area (Å²) in [5.74, 6) is 1.01. The van der Waals surface area contributed by atoms with Crippen LogP contribution < -0.4 is 4.74 Å². The number of fused-ring (bicyclic) bond motifs is 1. The molecule has 1 fully saturated rings. The van der Waals surface area contributed by atoms with Crippen molar-refractivity contribution < 1.29 is 19.1 Å². The number of aryl methyl sites for hydroxylation is 1. The number of likely N-dealkylation sites (tertiary alicyclic amines) is 1. The van der Waals surface area contributed by atoms with E-state index in [0.29, 0.717) is 29.2 Å². The fourth-order valence-electron chi connectivity index (χ4n) is 4.26. The predicted molar refractivity (Wildman–Crippen MR) is 127 cm³/mol. The molecule has 1 aliphatic heterocycles. The number of benzene rings is 1. The summed E-state index contributed by atoms with van der Waals surface area (Å²) in [5, 5.41) is 0.944. The highest BCUT2D eigenvalue weighted by atomic mass is 16.5. The Bertz CT molecular complexity index is 1380. The van der Waals surface area contributed by atoms with Gasteiger partial charge in [-0.2, -0.15) is 0 Å². The molecular formula is C26H24N4O4. The first-order valence-electron chi connectivity index (χ1n) is 11.0. The van der Waals surface area contributed by atoms with Crippen molar-refractivity contribution in [2.24, 2.45) is 0 Å². The van der Waals surface area contributed by atoms with Gasteiger partial charge >= 0.3 is 5.97 Å². The highest BCUT2D eigenvalue weighted by Gasteiger charge is 2.31. The summed E-state index contributed by atoms with van der Waals surface area (Å²) in [6, 6.07) is 13.2. The van der Waals surface area contributed by atoms with Crippen LogP contribution >= 0.6 is 0 Å². The number of methoxy groups -OCH3 is 1. The lowest BCUT2D eigenvalue weighted by molar-refractivity contribution is -0.127. The molecule has 0 radical (unpaired) electrons. The third-order valence-corrected chi connectivity index (χ3v) is 6.18. The van der Waals surface area contributed by atoms with Crippen LogP contribution in [0.5, 0.6) is 11.5 Å². The van der Waals surface area contributed by atoms with Crippen LogP contribution in [0.15, 0.2) is 54.9 Å². The first-order chi connectivity index (χ1) is 16.4. The van der Waals surface area contributed by atoms with Gasteiger partial charge < -0.3 is 19.4 Å². The number of hydrogen-bond donors (Lipinski definition) is 1. The molecule has 1 amide bonds. The molecule has 3 aromatic heterocycles. The summed E-state index contributed by atoms with van der Waals surface area (Å²) in [6.07, 6.45) is 4.43. The molecular weight excluding hydrogens is 432 g/mol. The van der Waals surface area contributed by atoms with Crippen molar-refractivity contribution in [3.8, 4) is 22.9 Å². The molecule has 1 aliphatic rings. The number of carbonyl (C=O) groups excluding carboxylic acids is 2. The molecule has 0 bridgehead atoms. The SMILES string of the molecule is COC(=O)c1ccc(-c2cc3cc(Oc4ccc(C)nc4)c(C4CCC(=O)N4C)cc3[nH]2)nc1. The summed E-state index contributed by atoms with van der Waals surface area (Å²) in [6.45, 7) is 1.92. The zero-order valence-corrected chi connectivity index (χ0v) is 19.2. The Kier molecular flexibility index (Phi) is 5.49. The molecule has 0 spiro atoms. The molecule has 1 unspecified atom stereocenters. The number of ether oxygens (including phenoxy) is 2. The number of hydrogen-bond acceptors (Lipinski definition) is 6. The van der Waals surface area contributed by atoms with Crippen molar-refractivity contribution in [3.63, 3.8) is 0 Å². The van der Waals surface area contributed by atoms with Crippen LogP contribution in [0, 0.1) is 6.92 Å². The van der Waals surface area contributed by atoms with Crippen molar-refractivity contribution in [2.75, 3.05) is 14.2 Å². The Morgan fingerprint density at radius 1 is 1.12 bits per heavy atom. The standard InChI is InChI=1S/C26H24N4O4/c1-15-4-6-18(14-27-15)34-24-11-17-10-22(20-7-5-16(13-28-20)26(32)33-3)29-21(17)12-19(24)23-8-9-25(31)30(23)2/h4-7,10-14,23,29H,8-9H2,1-3H3. The van der Waals surface area contributed by atoms with Gasteiger partial charge in [0, 0.05) is 41.8 Å². The van der Waals surface area contributed by atoms with E-state index in [9.17, 15) is 9.59 Å². The zero-order valence-electron chi connectivity index (χ0n) is 19.2. The molecule has 1 aromatic carbocycles. The lowest BCUT2D eigenvalue weighted by atomic mass is 10.0. The Balaban J connectivity index is 1.56. The fraction of sp³-hybridized carbons (Fsp3) is 0.231. The highest BCUT2D eigenvalue weighted by Crippen LogP contribution is 2.41. The van der Waals surface area contributed by atoms with Crippen LogP contribution in [0.3, 0.4) is 0 Å².